The molecule has 0 amide bonds. The Bertz CT molecular complexity index is 1010. The molecule has 0 radical (unpaired) electrons. The first-order valence-electron chi connectivity index (χ1n) is 9.54. The summed E-state index contributed by atoms with van der Waals surface area (Å²) < 4.78 is 66.9. The summed E-state index contributed by atoms with van der Waals surface area (Å²) in [5.74, 6) is -0.225. The number of aryl methyl sites for hydroxylation is 2. The molecule has 0 heterocycles. The van der Waals surface area contributed by atoms with Gasteiger partial charge in [0.2, 0.25) is 0 Å². The van der Waals surface area contributed by atoms with Gasteiger partial charge in [0.25, 0.3) is 0 Å². The van der Waals surface area contributed by atoms with Crippen LogP contribution in [-0.4, -0.2) is 13.9 Å². The molecule has 0 saturated carbocycles. The van der Waals surface area contributed by atoms with Crippen LogP contribution in [0.25, 0.3) is 11.1 Å². The van der Waals surface area contributed by atoms with Crippen molar-refractivity contribution in [3.8, 4) is 16.9 Å². The van der Waals surface area contributed by atoms with Gasteiger partial charge in [-0.25, -0.2) is 0 Å². The van der Waals surface area contributed by atoms with Crippen LogP contribution in [0.2, 0.25) is 0 Å². The minimum absolute atomic E-state index is 0.225. The van der Waals surface area contributed by atoms with Crippen LogP contribution in [0.5, 0.6) is 5.75 Å². The first-order valence-corrected chi connectivity index (χ1v) is 11.0. The van der Waals surface area contributed by atoms with E-state index in [1.807, 2.05) is 18.2 Å². The molecule has 2 aromatic rings. The highest BCUT2D eigenvalue weighted by Gasteiger charge is 2.49. The maximum absolute atomic E-state index is 13.0. The molecule has 4 rings (SSSR count). The second-order valence-corrected chi connectivity index (χ2v) is 8.95. The van der Waals surface area contributed by atoms with E-state index in [9.17, 15) is 21.6 Å². The number of fused-ring (bicyclic) bond motifs is 2. The van der Waals surface area contributed by atoms with E-state index < -0.39 is 15.6 Å². The molecule has 2 aliphatic carbocycles. The Morgan fingerprint density at radius 2 is 1.39 bits per heavy atom. The van der Waals surface area contributed by atoms with Gasteiger partial charge in [-0.3, -0.25) is 0 Å². The number of rotatable bonds is 3. The Morgan fingerprint density at radius 1 is 0.786 bits per heavy atom. The van der Waals surface area contributed by atoms with Gasteiger partial charge in [-0.2, -0.15) is 21.6 Å². The SMILES string of the molecule is O=S(=O)(Oc1ccc2c(c1-c1cccc3c1CCCC3)CCCC2)C(F)(F)F. The number of halogens is 3. The van der Waals surface area contributed by atoms with Gasteiger partial charge >= 0.3 is 15.6 Å². The van der Waals surface area contributed by atoms with E-state index in [0.717, 1.165) is 67.2 Å². The van der Waals surface area contributed by atoms with Crippen LogP contribution in [0.4, 0.5) is 13.2 Å². The summed E-state index contributed by atoms with van der Waals surface area (Å²) in [5, 5.41) is 0. The van der Waals surface area contributed by atoms with E-state index in [1.165, 1.54) is 11.6 Å². The molecule has 28 heavy (non-hydrogen) atoms. The van der Waals surface area contributed by atoms with Crippen LogP contribution in [0, 0.1) is 0 Å². The van der Waals surface area contributed by atoms with E-state index in [0.29, 0.717) is 12.0 Å². The molecule has 0 atom stereocenters. The van der Waals surface area contributed by atoms with E-state index in [4.69, 9.17) is 0 Å². The topological polar surface area (TPSA) is 43.4 Å². The van der Waals surface area contributed by atoms with E-state index >= 15 is 0 Å². The van der Waals surface area contributed by atoms with Crippen LogP contribution in [0.3, 0.4) is 0 Å². The van der Waals surface area contributed by atoms with Gasteiger partial charge in [0.05, 0.1) is 0 Å². The van der Waals surface area contributed by atoms with Crippen molar-refractivity contribution in [2.24, 2.45) is 0 Å². The van der Waals surface area contributed by atoms with Crippen molar-refractivity contribution < 1.29 is 25.8 Å². The fourth-order valence-corrected chi connectivity index (χ4v) is 4.82. The molecule has 150 valence electrons. The van der Waals surface area contributed by atoms with E-state index in [2.05, 4.69) is 4.18 Å². The van der Waals surface area contributed by atoms with Gasteiger partial charge in [0, 0.05) is 5.56 Å². The van der Waals surface area contributed by atoms with Crippen molar-refractivity contribution in [2.45, 2.75) is 56.9 Å². The first kappa shape index (κ1) is 19.3. The van der Waals surface area contributed by atoms with Crippen molar-refractivity contribution in [1.82, 2.24) is 0 Å². The highest BCUT2D eigenvalue weighted by Crippen LogP contribution is 2.43. The predicted octanol–water partition coefficient (Wildman–Crippen LogP) is 5.34. The van der Waals surface area contributed by atoms with Crippen LogP contribution >= 0.6 is 0 Å². The zero-order chi connectivity index (χ0) is 19.9. The lowest BCUT2D eigenvalue weighted by Crippen LogP contribution is -2.28. The quantitative estimate of drug-likeness (QED) is 0.507. The molecule has 0 unspecified atom stereocenters. The Labute approximate surface area is 162 Å². The zero-order valence-corrected chi connectivity index (χ0v) is 16.1. The monoisotopic (exact) mass is 410 g/mol. The lowest BCUT2D eigenvalue weighted by atomic mass is 9.81. The normalized spacial score (nSPS) is 17.0. The van der Waals surface area contributed by atoms with E-state index in [1.54, 1.807) is 6.07 Å². The van der Waals surface area contributed by atoms with Crippen LogP contribution in [0.1, 0.15) is 47.9 Å². The Morgan fingerprint density at radius 3 is 2.07 bits per heavy atom. The van der Waals surface area contributed by atoms with Crippen LogP contribution in [-0.2, 0) is 35.8 Å². The van der Waals surface area contributed by atoms with Gasteiger partial charge < -0.3 is 4.18 Å². The van der Waals surface area contributed by atoms with Gasteiger partial charge in [-0.1, -0.05) is 24.3 Å². The smallest absolute Gasteiger partial charge is 0.375 e. The summed E-state index contributed by atoms with van der Waals surface area (Å²) in [7, 11) is -5.73. The van der Waals surface area contributed by atoms with Gasteiger partial charge in [0.15, 0.2) is 5.75 Å². The summed E-state index contributed by atoms with van der Waals surface area (Å²) in [5.41, 5.74) is 0.124. The maximum Gasteiger partial charge on any atom is 0.534 e. The molecule has 0 fully saturated rings. The molecule has 0 N–H and O–H groups in total. The first-order chi connectivity index (χ1) is 13.3. The number of alkyl halides is 3. The maximum atomic E-state index is 13.0. The lowest BCUT2D eigenvalue weighted by molar-refractivity contribution is -0.0499. The highest BCUT2D eigenvalue weighted by molar-refractivity contribution is 7.88. The Kier molecular flexibility index (Phi) is 4.89. The largest absolute Gasteiger partial charge is 0.534 e. The third-order valence-electron chi connectivity index (χ3n) is 5.64. The van der Waals surface area contributed by atoms with Gasteiger partial charge in [-0.05, 0) is 85.3 Å². The van der Waals surface area contributed by atoms with Crippen molar-refractivity contribution >= 4 is 10.1 Å². The molecule has 0 saturated heterocycles. The molecule has 0 aliphatic heterocycles. The number of hydrogen-bond acceptors (Lipinski definition) is 3. The van der Waals surface area contributed by atoms with Crippen molar-refractivity contribution in [2.75, 3.05) is 0 Å². The second kappa shape index (κ2) is 7.10. The average Bonchev–Trinajstić information content (AvgIpc) is 2.66. The summed E-state index contributed by atoms with van der Waals surface area (Å²) >= 11 is 0. The summed E-state index contributed by atoms with van der Waals surface area (Å²) in [6.07, 6.45) is 7.33. The lowest BCUT2D eigenvalue weighted by Gasteiger charge is -2.26. The minimum Gasteiger partial charge on any atom is -0.375 e. The second-order valence-electron chi connectivity index (χ2n) is 7.42. The Balaban J connectivity index is 1.93. The highest BCUT2D eigenvalue weighted by atomic mass is 32.2. The van der Waals surface area contributed by atoms with Crippen molar-refractivity contribution in [3.63, 3.8) is 0 Å². The van der Waals surface area contributed by atoms with Crippen LogP contribution in [0.15, 0.2) is 30.3 Å². The Hall–Kier alpha value is -2.02. The molecule has 2 aliphatic rings. The standard InChI is InChI=1S/C21H21F3O3S/c22-21(23,24)28(25,26)27-19-13-12-15-7-2-4-10-17(15)20(19)18-11-5-8-14-6-1-3-9-16(14)18/h5,8,11-13H,1-4,6-7,9-10H2. The third-order valence-corrected chi connectivity index (χ3v) is 6.61. The molecule has 2 aromatic carbocycles. The molecular formula is C21H21F3O3S. The predicted molar refractivity (Wildman–Crippen MR) is 101 cm³/mol. The summed E-state index contributed by atoms with van der Waals surface area (Å²) in [6.45, 7) is 0. The summed E-state index contributed by atoms with van der Waals surface area (Å²) in [4.78, 5) is 0. The molecule has 0 bridgehead atoms. The summed E-state index contributed by atoms with van der Waals surface area (Å²) in [6, 6.07) is 8.89. The average molecular weight is 410 g/mol. The van der Waals surface area contributed by atoms with Gasteiger partial charge in [-0.15, -0.1) is 0 Å². The molecule has 0 aromatic heterocycles. The van der Waals surface area contributed by atoms with Crippen molar-refractivity contribution in [3.05, 3.63) is 52.6 Å². The fraction of sp³-hybridized carbons (Fsp3) is 0.429. The molecule has 3 nitrogen and oxygen atoms in total. The minimum atomic E-state index is -5.73. The van der Waals surface area contributed by atoms with Crippen LogP contribution < -0.4 is 4.18 Å². The van der Waals surface area contributed by atoms with Crippen molar-refractivity contribution in [1.29, 1.82) is 0 Å². The number of benzene rings is 2. The fourth-order valence-electron chi connectivity index (χ4n) is 4.35. The van der Waals surface area contributed by atoms with Gasteiger partial charge in [0.1, 0.15) is 0 Å². The molecule has 7 heteroatoms. The third kappa shape index (κ3) is 3.41. The van der Waals surface area contributed by atoms with E-state index in [-0.39, 0.29) is 5.75 Å². The molecular weight excluding hydrogens is 389 g/mol. The number of hydrogen-bond donors (Lipinski definition) is 0. The molecule has 0 spiro atoms. The zero-order valence-electron chi connectivity index (χ0n) is 15.3.